The molecule has 0 amide bonds. The Hall–Kier alpha value is -2.18. The van der Waals surface area contributed by atoms with E-state index in [4.69, 9.17) is 5.11 Å². The monoisotopic (exact) mass is 235 g/mol. The maximum atomic E-state index is 11.0. The van der Waals surface area contributed by atoms with Crippen molar-refractivity contribution in [2.45, 2.75) is 19.8 Å². The summed E-state index contributed by atoms with van der Waals surface area (Å²) in [5.74, 6) is -0.480. The van der Waals surface area contributed by atoms with Crippen molar-refractivity contribution < 1.29 is 9.90 Å². The van der Waals surface area contributed by atoms with Crippen LogP contribution in [0, 0.1) is 0 Å². The Bertz CT molecular complexity index is 543. The molecule has 90 valence electrons. The van der Waals surface area contributed by atoms with Gasteiger partial charge >= 0.3 is 5.97 Å². The van der Waals surface area contributed by atoms with Gasteiger partial charge in [0.05, 0.1) is 5.69 Å². The Kier molecular flexibility index (Phi) is 2.90. The van der Waals surface area contributed by atoms with E-state index in [-0.39, 0.29) is 5.69 Å². The Balaban J connectivity index is 2.50. The van der Waals surface area contributed by atoms with E-state index in [9.17, 15) is 4.79 Å². The molecule has 2 heterocycles. The van der Waals surface area contributed by atoms with Gasteiger partial charge < -0.3 is 5.11 Å². The molecule has 1 N–H and O–H groups in total. The van der Waals surface area contributed by atoms with Crippen molar-refractivity contribution in [2.75, 3.05) is 0 Å². The second kappa shape index (κ2) is 4.36. The number of carboxylic acids is 1. The number of rotatable bonds is 4. The summed E-state index contributed by atoms with van der Waals surface area (Å²) in [6, 6.07) is 1.76. The van der Waals surface area contributed by atoms with Gasteiger partial charge in [0, 0.05) is 19.3 Å². The van der Waals surface area contributed by atoms with Crippen molar-refractivity contribution in [3.8, 4) is 5.82 Å². The molecule has 0 aliphatic carbocycles. The van der Waals surface area contributed by atoms with Crippen LogP contribution in [0.15, 0.2) is 12.3 Å². The number of hydrogen-bond donors (Lipinski definition) is 1. The number of carbonyl (C=O) groups is 1. The lowest BCUT2D eigenvalue weighted by Gasteiger charge is -2.01. The van der Waals surface area contributed by atoms with E-state index in [0.29, 0.717) is 17.9 Å². The first-order valence-electron chi connectivity index (χ1n) is 5.31. The minimum atomic E-state index is -1.06. The lowest BCUT2D eigenvalue weighted by Crippen LogP contribution is -2.07. The molecule has 0 saturated carbocycles. The molecule has 0 fully saturated rings. The summed E-state index contributed by atoms with van der Waals surface area (Å²) in [4.78, 5) is 11.0. The first kappa shape index (κ1) is 11.3. The van der Waals surface area contributed by atoms with Gasteiger partial charge in [-0.2, -0.15) is 9.78 Å². The highest BCUT2D eigenvalue weighted by molar-refractivity contribution is 5.86. The average Bonchev–Trinajstić information content (AvgIpc) is 2.85. The van der Waals surface area contributed by atoms with E-state index < -0.39 is 5.97 Å². The second-order valence-electron chi connectivity index (χ2n) is 3.70. The van der Waals surface area contributed by atoms with Crippen molar-refractivity contribution in [1.29, 1.82) is 0 Å². The molecule has 2 aromatic heterocycles. The third-order valence-corrected chi connectivity index (χ3v) is 2.37. The molecule has 0 aromatic carbocycles. The van der Waals surface area contributed by atoms with E-state index >= 15 is 0 Å². The number of nitrogens with zero attached hydrogens (tertiary/aromatic N) is 5. The van der Waals surface area contributed by atoms with Crippen LogP contribution in [-0.2, 0) is 13.5 Å². The maximum absolute atomic E-state index is 11.0. The number of aryl methyl sites for hydroxylation is 1. The molecule has 7 nitrogen and oxygen atoms in total. The zero-order valence-electron chi connectivity index (χ0n) is 9.66. The smallest absolute Gasteiger partial charge is 0.358 e. The first-order valence-corrected chi connectivity index (χ1v) is 5.31. The third-order valence-electron chi connectivity index (χ3n) is 2.37. The first-order chi connectivity index (χ1) is 8.13. The highest BCUT2D eigenvalue weighted by Gasteiger charge is 2.19. The highest BCUT2D eigenvalue weighted by atomic mass is 16.4. The van der Waals surface area contributed by atoms with Crippen LogP contribution in [-0.4, -0.2) is 35.9 Å². The van der Waals surface area contributed by atoms with E-state index in [0.717, 1.165) is 6.42 Å². The third kappa shape index (κ3) is 2.03. The van der Waals surface area contributed by atoms with Gasteiger partial charge in [0.2, 0.25) is 0 Å². The summed E-state index contributed by atoms with van der Waals surface area (Å²) in [5, 5.41) is 20.7. The lowest BCUT2D eigenvalue weighted by atomic mass is 10.2. The molecule has 0 saturated heterocycles. The SMILES string of the molecule is CCCc1c(C(=O)O)nnn1-c1ccn(C)n1. The van der Waals surface area contributed by atoms with Crippen LogP contribution < -0.4 is 0 Å². The topological polar surface area (TPSA) is 85.8 Å². The van der Waals surface area contributed by atoms with Gasteiger partial charge in [-0.15, -0.1) is 5.10 Å². The quantitative estimate of drug-likeness (QED) is 0.840. The minimum Gasteiger partial charge on any atom is -0.476 e. The van der Waals surface area contributed by atoms with Gasteiger partial charge in [0.15, 0.2) is 11.5 Å². The van der Waals surface area contributed by atoms with Crippen LogP contribution in [0.1, 0.15) is 29.5 Å². The van der Waals surface area contributed by atoms with Crippen molar-refractivity contribution >= 4 is 5.97 Å². The van der Waals surface area contributed by atoms with E-state index in [1.165, 1.54) is 4.68 Å². The molecule has 0 bridgehead atoms. The standard InChI is InChI=1S/C10H13N5O2/c1-3-4-7-9(10(16)17)11-13-15(7)8-5-6-14(2)12-8/h5-6H,3-4H2,1-2H3,(H,16,17). The Morgan fingerprint density at radius 3 is 2.82 bits per heavy atom. The zero-order chi connectivity index (χ0) is 12.4. The summed E-state index contributed by atoms with van der Waals surface area (Å²) in [7, 11) is 1.79. The van der Waals surface area contributed by atoms with Crippen LogP contribution in [0.25, 0.3) is 5.82 Å². The van der Waals surface area contributed by atoms with Gasteiger partial charge in [-0.1, -0.05) is 18.6 Å². The molecule has 0 aliphatic rings. The molecule has 0 unspecified atom stereocenters. The molecule has 7 heteroatoms. The predicted octanol–water partition coefficient (Wildman–Crippen LogP) is 0.652. The van der Waals surface area contributed by atoms with Gasteiger partial charge in [0.25, 0.3) is 0 Å². The summed E-state index contributed by atoms with van der Waals surface area (Å²) in [6.45, 7) is 1.97. The van der Waals surface area contributed by atoms with Gasteiger partial charge in [0.1, 0.15) is 0 Å². The van der Waals surface area contributed by atoms with Crippen LogP contribution in [0.2, 0.25) is 0 Å². The van der Waals surface area contributed by atoms with Crippen molar-refractivity contribution in [3.63, 3.8) is 0 Å². The Morgan fingerprint density at radius 1 is 1.53 bits per heavy atom. The summed E-state index contributed by atoms with van der Waals surface area (Å²) in [6.07, 6.45) is 3.19. The number of carboxylic acid groups (broad SMARTS) is 1. The molecule has 0 radical (unpaired) electrons. The summed E-state index contributed by atoms with van der Waals surface area (Å²) >= 11 is 0. The fourth-order valence-electron chi connectivity index (χ4n) is 1.63. The second-order valence-corrected chi connectivity index (χ2v) is 3.70. The van der Waals surface area contributed by atoms with Crippen LogP contribution in [0.4, 0.5) is 0 Å². The summed E-state index contributed by atoms with van der Waals surface area (Å²) in [5.41, 5.74) is 0.580. The molecule has 17 heavy (non-hydrogen) atoms. The highest BCUT2D eigenvalue weighted by Crippen LogP contribution is 2.13. The van der Waals surface area contributed by atoms with E-state index in [2.05, 4.69) is 15.4 Å². The molecule has 0 spiro atoms. The molecule has 0 aliphatic heterocycles. The molecular weight excluding hydrogens is 222 g/mol. The zero-order valence-corrected chi connectivity index (χ0v) is 9.66. The Morgan fingerprint density at radius 2 is 2.29 bits per heavy atom. The average molecular weight is 235 g/mol. The minimum absolute atomic E-state index is 0.00231. The molecular formula is C10H13N5O2. The number of aromatic carboxylic acids is 1. The predicted molar refractivity (Wildman–Crippen MR) is 59.1 cm³/mol. The molecule has 2 aromatic rings. The van der Waals surface area contributed by atoms with Gasteiger partial charge in [-0.05, 0) is 6.42 Å². The van der Waals surface area contributed by atoms with Crippen molar-refractivity contribution in [2.24, 2.45) is 7.05 Å². The fraction of sp³-hybridized carbons (Fsp3) is 0.400. The lowest BCUT2D eigenvalue weighted by molar-refractivity contribution is 0.0689. The molecule has 0 atom stereocenters. The maximum Gasteiger partial charge on any atom is 0.358 e. The van der Waals surface area contributed by atoms with E-state index in [1.54, 1.807) is 24.0 Å². The Labute approximate surface area is 97.7 Å². The van der Waals surface area contributed by atoms with Crippen LogP contribution in [0.3, 0.4) is 0 Å². The molecule has 2 rings (SSSR count). The van der Waals surface area contributed by atoms with Gasteiger partial charge in [-0.25, -0.2) is 4.79 Å². The van der Waals surface area contributed by atoms with Crippen LogP contribution >= 0.6 is 0 Å². The number of hydrogen-bond acceptors (Lipinski definition) is 4. The largest absolute Gasteiger partial charge is 0.476 e. The van der Waals surface area contributed by atoms with Crippen LogP contribution in [0.5, 0.6) is 0 Å². The fourth-order valence-corrected chi connectivity index (χ4v) is 1.63. The number of aromatic nitrogens is 5. The van der Waals surface area contributed by atoms with Gasteiger partial charge in [-0.3, -0.25) is 4.68 Å². The summed E-state index contributed by atoms with van der Waals surface area (Å²) < 4.78 is 3.11. The normalized spacial score (nSPS) is 10.7. The van der Waals surface area contributed by atoms with Crippen molar-refractivity contribution in [3.05, 3.63) is 23.7 Å². The van der Waals surface area contributed by atoms with E-state index in [1.807, 2.05) is 6.92 Å². The van der Waals surface area contributed by atoms with Crippen molar-refractivity contribution in [1.82, 2.24) is 24.8 Å².